The Hall–Kier alpha value is -2.62. The molecular weight excluding hydrogens is 244 g/mol. The van der Waals surface area contributed by atoms with E-state index >= 15 is 0 Å². The first-order valence-corrected chi connectivity index (χ1v) is 5.75. The van der Waals surface area contributed by atoms with E-state index in [2.05, 4.69) is 0 Å². The molecule has 0 aromatic heterocycles. The minimum atomic E-state index is -0.0235. The van der Waals surface area contributed by atoms with Crippen molar-refractivity contribution in [3.63, 3.8) is 0 Å². The molecule has 96 valence electrons. The first-order valence-electron chi connectivity index (χ1n) is 5.75. The van der Waals surface area contributed by atoms with E-state index in [1.807, 2.05) is 0 Å². The van der Waals surface area contributed by atoms with Gasteiger partial charge in [-0.1, -0.05) is 12.1 Å². The minimum absolute atomic E-state index is 0.00194. The van der Waals surface area contributed by atoms with Gasteiger partial charge in [0, 0.05) is 22.9 Å². The van der Waals surface area contributed by atoms with E-state index in [9.17, 15) is 15.3 Å². The van der Waals surface area contributed by atoms with Crippen molar-refractivity contribution in [2.24, 2.45) is 0 Å². The first-order chi connectivity index (χ1) is 9.10. The summed E-state index contributed by atoms with van der Waals surface area (Å²) in [6.45, 7) is 0. The number of methoxy groups -OCH3 is 1. The summed E-state index contributed by atoms with van der Waals surface area (Å²) in [7, 11) is 1.50. The van der Waals surface area contributed by atoms with E-state index in [-0.39, 0.29) is 17.2 Å². The van der Waals surface area contributed by atoms with E-state index in [1.54, 1.807) is 24.3 Å². The molecule has 0 bridgehead atoms. The Labute approximate surface area is 109 Å². The second-order valence-electron chi connectivity index (χ2n) is 4.37. The zero-order valence-electron chi connectivity index (χ0n) is 10.2. The van der Waals surface area contributed by atoms with Crippen LogP contribution in [0.3, 0.4) is 0 Å². The van der Waals surface area contributed by atoms with Crippen LogP contribution in [0, 0.1) is 0 Å². The summed E-state index contributed by atoms with van der Waals surface area (Å²) in [6.07, 6.45) is 0. The first kappa shape index (κ1) is 11.5. The predicted molar refractivity (Wildman–Crippen MR) is 73.0 cm³/mol. The van der Waals surface area contributed by atoms with Crippen molar-refractivity contribution in [3.8, 4) is 23.0 Å². The van der Waals surface area contributed by atoms with Gasteiger partial charge in [-0.05, 0) is 22.9 Å². The average molecular weight is 256 g/mol. The molecular formula is C15H12O4. The summed E-state index contributed by atoms with van der Waals surface area (Å²) < 4.78 is 5.27. The lowest BCUT2D eigenvalue weighted by molar-refractivity contribution is 0.413. The molecule has 0 radical (unpaired) electrons. The highest BCUT2D eigenvalue weighted by molar-refractivity contribution is 6.14. The molecule has 4 nitrogen and oxygen atoms in total. The van der Waals surface area contributed by atoms with Crippen LogP contribution in [0.15, 0.2) is 36.4 Å². The van der Waals surface area contributed by atoms with Crippen LogP contribution < -0.4 is 4.74 Å². The summed E-state index contributed by atoms with van der Waals surface area (Å²) in [6, 6.07) is 9.53. The summed E-state index contributed by atoms with van der Waals surface area (Å²) in [5.41, 5.74) is 0. The van der Waals surface area contributed by atoms with Crippen molar-refractivity contribution in [1.29, 1.82) is 0 Å². The van der Waals surface area contributed by atoms with Crippen molar-refractivity contribution in [1.82, 2.24) is 0 Å². The highest BCUT2D eigenvalue weighted by Crippen LogP contribution is 2.41. The second-order valence-corrected chi connectivity index (χ2v) is 4.37. The van der Waals surface area contributed by atoms with Crippen LogP contribution in [0.5, 0.6) is 23.0 Å². The van der Waals surface area contributed by atoms with Gasteiger partial charge >= 0.3 is 0 Å². The normalized spacial score (nSPS) is 11.0. The fourth-order valence-corrected chi connectivity index (χ4v) is 2.40. The van der Waals surface area contributed by atoms with E-state index < -0.39 is 0 Å². The Bertz CT molecular complexity index is 793. The van der Waals surface area contributed by atoms with Gasteiger partial charge in [-0.25, -0.2) is 0 Å². The van der Waals surface area contributed by atoms with E-state index in [0.29, 0.717) is 21.9 Å². The number of aromatic hydroxyl groups is 3. The van der Waals surface area contributed by atoms with Gasteiger partial charge in [0.15, 0.2) is 0 Å². The van der Waals surface area contributed by atoms with Crippen LogP contribution in [0.4, 0.5) is 0 Å². The van der Waals surface area contributed by atoms with Gasteiger partial charge in [-0.3, -0.25) is 0 Å². The van der Waals surface area contributed by atoms with Gasteiger partial charge in [0.25, 0.3) is 0 Å². The summed E-state index contributed by atoms with van der Waals surface area (Å²) in [5, 5.41) is 32.0. The van der Waals surface area contributed by atoms with Gasteiger partial charge in [0.05, 0.1) is 7.11 Å². The molecule has 0 amide bonds. The molecule has 0 saturated heterocycles. The van der Waals surface area contributed by atoms with Crippen molar-refractivity contribution in [2.75, 3.05) is 7.11 Å². The van der Waals surface area contributed by atoms with Crippen molar-refractivity contribution < 1.29 is 20.1 Å². The maximum absolute atomic E-state index is 10.1. The molecule has 0 aliphatic rings. The van der Waals surface area contributed by atoms with Crippen LogP contribution in [0.25, 0.3) is 21.5 Å². The number of phenols is 3. The second kappa shape index (κ2) is 3.95. The summed E-state index contributed by atoms with van der Waals surface area (Å²) >= 11 is 0. The zero-order valence-corrected chi connectivity index (χ0v) is 10.2. The fourth-order valence-electron chi connectivity index (χ4n) is 2.40. The Morgan fingerprint density at radius 2 is 1.37 bits per heavy atom. The van der Waals surface area contributed by atoms with Crippen LogP contribution in [-0.2, 0) is 0 Å². The van der Waals surface area contributed by atoms with E-state index in [1.165, 1.54) is 19.2 Å². The Balaban J connectivity index is 2.58. The van der Waals surface area contributed by atoms with E-state index in [4.69, 9.17) is 4.74 Å². The lowest BCUT2D eigenvalue weighted by Crippen LogP contribution is -1.87. The molecule has 3 N–H and O–H groups in total. The van der Waals surface area contributed by atoms with Gasteiger partial charge in [0.1, 0.15) is 23.0 Å². The number of hydrogen-bond donors (Lipinski definition) is 3. The maximum atomic E-state index is 10.1. The van der Waals surface area contributed by atoms with E-state index in [0.717, 1.165) is 5.39 Å². The number of ether oxygens (including phenoxy) is 1. The van der Waals surface area contributed by atoms with Gasteiger partial charge < -0.3 is 20.1 Å². The Morgan fingerprint density at radius 1 is 0.789 bits per heavy atom. The van der Waals surface area contributed by atoms with Crippen molar-refractivity contribution >= 4 is 21.5 Å². The molecule has 0 unspecified atom stereocenters. The molecule has 0 heterocycles. The van der Waals surface area contributed by atoms with Gasteiger partial charge in [-0.15, -0.1) is 0 Å². The third-order valence-corrected chi connectivity index (χ3v) is 3.16. The molecule has 0 spiro atoms. The number of hydrogen-bond acceptors (Lipinski definition) is 4. The third-order valence-electron chi connectivity index (χ3n) is 3.16. The topological polar surface area (TPSA) is 69.9 Å². The molecule has 0 aliphatic carbocycles. The monoisotopic (exact) mass is 256 g/mol. The van der Waals surface area contributed by atoms with Crippen LogP contribution >= 0.6 is 0 Å². The molecule has 3 rings (SSSR count). The van der Waals surface area contributed by atoms with Crippen molar-refractivity contribution in [2.45, 2.75) is 0 Å². The number of phenolic OH excluding ortho intramolecular Hbond substituents is 3. The van der Waals surface area contributed by atoms with Crippen LogP contribution in [0.2, 0.25) is 0 Å². The van der Waals surface area contributed by atoms with Gasteiger partial charge in [0.2, 0.25) is 0 Å². The average Bonchev–Trinajstić information content (AvgIpc) is 2.36. The van der Waals surface area contributed by atoms with Crippen molar-refractivity contribution in [3.05, 3.63) is 36.4 Å². The van der Waals surface area contributed by atoms with Gasteiger partial charge in [-0.2, -0.15) is 0 Å². The number of fused-ring (bicyclic) bond motifs is 3. The Morgan fingerprint density at radius 3 is 2.00 bits per heavy atom. The quantitative estimate of drug-likeness (QED) is 0.585. The molecule has 3 aromatic carbocycles. The molecule has 19 heavy (non-hydrogen) atoms. The zero-order chi connectivity index (χ0) is 13.6. The fraction of sp³-hybridized carbons (Fsp3) is 0.0667. The Kier molecular flexibility index (Phi) is 2.38. The summed E-state index contributed by atoms with van der Waals surface area (Å²) in [4.78, 5) is 0. The molecule has 0 saturated carbocycles. The summed E-state index contributed by atoms with van der Waals surface area (Å²) in [5.74, 6) is 0.551. The number of rotatable bonds is 1. The number of benzene rings is 3. The standard InChI is InChI=1S/C15H12O4/c1-19-13-7-11(17)5-9-3-2-8-4-10(16)6-12(18)14(8)15(9)13/h2-7,16-18H,1H3. The van der Waals surface area contributed by atoms with Crippen LogP contribution in [0.1, 0.15) is 0 Å². The lowest BCUT2D eigenvalue weighted by Gasteiger charge is -2.11. The maximum Gasteiger partial charge on any atom is 0.131 e. The molecule has 0 atom stereocenters. The SMILES string of the molecule is COc1cc(O)cc2ccc3cc(O)cc(O)c3c12. The highest BCUT2D eigenvalue weighted by atomic mass is 16.5. The third kappa shape index (κ3) is 1.69. The van der Waals surface area contributed by atoms with Crippen LogP contribution in [-0.4, -0.2) is 22.4 Å². The molecule has 0 aliphatic heterocycles. The molecule has 0 fully saturated rings. The highest BCUT2D eigenvalue weighted by Gasteiger charge is 2.12. The minimum Gasteiger partial charge on any atom is -0.508 e. The molecule has 4 heteroatoms. The molecule has 3 aromatic rings. The predicted octanol–water partition coefficient (Wildman–Crippen LogP) is 3.12. The smallest absolute Gasteiger partial charge is 0.131 e. The largest absolute Gasteiger partial charge is 0.508 e. The lowest BCUT2D eigenvalue weighted by atomic mass is 10.00.